The van der Waals surface area contributed by atoms with Gasteiger partial charge in [0.15, 0.2) is 0 Å². The third-order valence-electron chi connectivity index (χ3n) is 3.72. The Morgan fingerprint density at radius 3 is 2.43 bits per heavy atom. The zero-order chi connectivity index (χ0) is 15.5. The largest absolute Gasteiger partial charge is 0.326 e. The fraction of sp³-hybridized carbons (Fsp3) is 0.526. The Balaban J connectivity index is 2.12. The molecule has 116 valence electrons. The first-order valence-corrected chi connectivity index (χ1v) is 8.11. The molecule has 0 radical (unpaired) electrons. The minimum Gasteiger partial charge on any atom is -0.326 e. The molecular weight excluding hydrogens is 258 g/mol. The molecule has 0 spiro atoms. The molecule has 0 aliphatic carbocycles. The molecule has 0 aromatic heterocycles. The average Bonchev–Trinajstić information content (AvgIpc) is 2.45. The molecule has 1 amide bonds. The highest BCUT2D eigenvalue weighted by molar-refractivity contribution is 5.91. The van der Waals surface area contributed by atoms with Crippen LogP contribution in [0.25, 0.3) is 0 Å². The van der Waals surface area contributed by atoms with E-state index in [2.05, 4.69) is 24.9 Å². The van der Waals surface area contributed by atoms with E-state index in [1.807, 2.05) is 25.1 Å². The van der Waals surface area contributed by atoms with E-state index in [4.69, 9.17) is 0 Å². The zero-order valence-electron chi connectivity index (χ0n) is 13.6. The molecule has 1 aromatic carbocycles. The van der Waals surface area contributed by atoms with Crippen LogP contribution < -0.4 is 5.32 Å². The molecule has 0 bridgehead atoms. The monoisotopic (exact) mass is 287 g/mol. The van der Waals surface area contributed by atoms with Gasteiger partial charge in [-0.3, -0.25) is 4.79 Å². The number of carbonyl (C=O) groups is 1. The number of hydrogen-bond acceptors (Lipinski definition) is 1. The van der Waals surface area contributed by atoms with Crippen molar-refractivity contribution in [1.82, 2.24) is 0 Å². The summed E-state index contributed by atoms with van der Waals surface area (Å²) in [6, 6.07) is 6.12. The van der Waals surface area contributed by atoms with Crippen molar-refractivity contribution in [2.45, 2.75) is 65.2 Å². The molecule has 2 nitrogen and oxygen atoms in total. The van der Waals surface area contributed by atoms with Crippen molar-refractivity contribution in [1.29, 1.82) is 0 Å². The van der Waals surface area contributed by atoms with Gasteiger partial charge in [-0.2, -0.15) is 0 Å². The summed E-state index contributed by atoms with van der Waals surface area (Å²) >= 11 is 0. The highest BCUT2D eigenvalue weighted by atomic mass is 16.1. The lowest BCUT2D eigenvalue weighted by Crippen LogP contribution is -2.12. The van der Waals surface area contributed by atoms with Crippen LogP contribution in [0.5, 0.6) is 0 Å². The number of benzene rings is 1. The number of anilines is 1. The van der Waals surface area contributed by atoms with Crippen LogP contribution in [-0.4, -0.2) is 5.91 Å². The van der Waals surface area contributed by atoms with Crippen LogP contribution >= 0.6 is 0 Å². The van der Waals surface area contributed by atoms with Gasteiger partial charge in [-0.15, -0.1) is 6.58 Å². The first kappa shape index (κ1) is 17.5. The van der Waals surface area contributed by atoms with Crippen molar-refractivity contribution < 1.29 is 4.79 Å². The third kappa shape index (κ3) is 7.69. The number of unbranched alkanes of at least 4 members (excludes halogenated alkanes) is 6. The first-order chi connectivity index (χ1) is 10.1. The molecule has 0 aliphatic rings. The van der Waals surface area contributed by atoms with Gasteiger partial charge in [-0.1, -0.05) is 49.5 Å². The van der Waals surface area contributed by atoms with Crippen molar-refractivity contribution in [3.05, 3.63) is 42.0 Å². The van der Waals surface area contributed by atoms with Crippen LogP contribution in [0, 0.1) is 13.8 Å². The Hall–Kier alpha value is -1.57. The number of carbonyl (C=O) groups excluding carboxylic acids is 1. The minimum atomic E-state index is 0.133. The van der Waals surface area contributed by atoms with Crippen LogP contribution in [0.3, 0.4) is 0 Å². The second-order valence-corrected chi connectivity index (χ2v) is 5.82. The second-order valence-electron chi connectivity index (χ2n) is 5.82. The smallest absolute Gasteiger partial charge is 0.224 e. The highest BCUT2D eigenvalue weighted by Gasteiger charge is 2.04. The van der Waals surface area contributed by atoms with E-state index >= 15 is 0 Å². The lowest BCUT2D eigenvalue weighted by Gasteiger charge is -2.09. The molecule has 0 saturated carbocycles. The molecule has 21 heavy (non-hydrogen) atoms. The van der Waals surface area contributed by atoms with Gasteiger partial charge in [0.2, 0.25) is 5.91 Å². The Labute approximate surface area is 129 Å². The maximum Gasteiger partial charge on any atom is 0.224 e. The first-order valence-electron chi connectivity index (χ1n) is 8.11. The van der Waals surface area contributed by atoms with Crippen molar-refractivity contribution in [3.63, 3.8) is 0 Å². The van der Waals surface area contributed by atoms with E-state index in [-0.39, 0.29) is 5.91 Å². The van der Waals surface area contributed by atoms with E-state index < -0.39 is 0 Å². The maximum atomic E-state index is 11.9. The van der Waals surface area contributed by atoms with Gasteiger partial charge in [-0.05, 0) is 44.7 Å². The standard InChI is InChI=1S/C19H29NO/c1-4-5-6-7-8-9-10-11-12-19(21)20-18-14-13-16(2)15-17(18)3/h4,13-15H,1,5-12H2,2-3H3,(H,20,21). The summed E-state index contributed by atoms with van der Waals surface area (Å²) in [5.74, 6) is 0.133. The maximum absolute atomic E-state index is 11.9. The zero-order valence-corrected chi connectivity index (χ0v) is 13.6. The summed E-state index contributed by atoms with van der Waals surface area (Å²) in [5, 5.41) is 3.01. The molecule has 0 heterocycles. The normalized spacial score (nSPS) is 10.4. The van der Waals surface area contributed by atoms with Gasteiger partial charge in [0.05, 0.1) is 0 Å². The predicted molar refractivity (Wildman–Crippen MR) is 91.7 cm³/mol. The number of aryl methyl sites for hydroxylation is 2. The van der Waals surface area contributed by atoms with Crippen molar-refractivity contribution in [3.8, 4) is 0 Å². The van der Waals surface area contributed by atoms with E-state index in [1.165, 1.54) is 31.2 Å². The molecular formula is C19H29NO. The fourth-order valence-electron chi connectivity index (χ4n) is 2.45. The Morgan fingerprint density at radius 2 is 1.76 bits per heavy atom. The molecule has 2 heteroatoms. The number of rotatable bonds is 10. The molecule has 0 aliphatic heterocycles. The second kappa shape index (κ2) is 10.2. The highest BCUT2D eigenvalue weighted by Crippen LogP contribution is 2.17. The van der Waals surface area contributed by atoms with Crippen LogP contribution in [0.2, 0.25) is 0 Å². The predicted octanol–water partition coefficient (Wildman–Crippen LogP) is 5.55. The summed E-state index contributed by atoms with van der Waals surface area (Å²) in [5.41, 5.74) is 3.29. The third-order valence-corrected chi connectivity index (χ3v) is 3.72. The summed E-state index contributed by atoms with van der Waals surface area (Å²) in [6.45, 7) is 7.82. The van der Waals surface area contributed by atoms with Gasteiger partial charge in [0.25, 0.3) is 0 Å². The number of nitrogens with one attached hydrogen (secondary N) is 1. The molecule has 1 rings (SSSR count). The van der Waals surface area contributed by atoms with Gasteiger partial charge < -0.3 is 5.32 Å². The fourth-order valence-corrected chi connectivity index (χ4v) is 2.45. The van der Waals surface area contributed by atoms with Crippen LogP contribution in [-0.2, 0) is 4.79 Å². The summed E-state index contributed by atoms with van der Waals surface area (Å²) in [6.07, 6.45) is 10.9. The number of amides is 1. The lowest BCUT2D eigenvalue weighted by molar-refractivity contribution is -0.116. The quantitative estimate of drug-likeness (QED) is 0.443. The Bertz CT molecular complexity index is 451. The Kier molecular flexibility index (Phi) is 8.49. The topological polar surface area (TPSA) is 29.1 Å². The van der Waals surface area contributed by atoms with Gasteiger partial charge in [-0.25, -0.2) is 0 Å². The molecule has 1 aromatic rings. The molecule has 0 saturated heterocycles. The van der Waals surface area contributed by atoms with Gasteiger partial charge >= 0.3 is 0 Å². The van der Waals surface area contributed by atoms with E-state index in [1.54, 1.807) is 0 Å². The van der Waals surface area contributed by atoms with Crippen LogP contribution in [0.15, 0.2) is 30.9 Å². The molecule has 0 unspecified atom stereocenters. The van der Waals surface area contributed by atoms with Crippen molar-refractivity contribution >= 4 is 11.6 Å². The van der Waals surface area contributed by atoms with E-state index in [0.29, 0.717) is 6.42 Å². The van der Waals surface area contributed by atoms with E-state index in [0.717, 1.165) is 30.5 Å². The summed E-state index contributed by atoms with van der Waals surface area (Å²) in [4.78, 5) is 11.9. The lowest BCUT2D eigenvalue weighted by atomic mass is 10.1. The average molecular weight is 287 g/mol. The van der Waals surface area contributed by atoms with E-state index in [9.17, 15) is 4.79 Å². The minimum absolute atomic E-state index is 0.133. The molecule has 0 fully saturated rings. The summed E-state index contributed by atoms with van der Waals surface area (Å²) < 4.78 is 0. The van der Waals surface area contributed by atoms with Crippen LogP contribution in [0.4, 0.5) is 5.69 Å². The number of allylic oxidation sites excluding steroid dienone is 1. The summed E-state index contributed by atoms with van der Waals surface area (Å²) in [7, 11) is 0. The van der Waals surface area contributed by atoms with Crippen molar-refractivity contribution in [2.75, 3.05) is 5.32 Å². The van der Waals surface area contributed by atoms with Crippen molar-refractivity contribution in [2.24, 2.45) is 0 Å². The van der Waals surface area contributed by atoms with Gasteiger partial charge in [0, 0.05) is 12.1 Å². The molecule has 1 N–H and O–H groups in total. The molecule has 0 atom stereocenters. The SMILES string of the molecule is C=CCCCCCCCCC(=O)Nc1ccc(C)cc1C. The van der Waals surface area contributed by atoms with Crippen LogP contribution in [0.1, 0.15) is 62.5 Å². The Morgan fingerprint density at radius 1 is 1.10 bits per heavy atom. The van der Waals surface area contributed by atoms with Gasteiger partial charge in [0.1, 0.15) is 0 Å². The number of hydrogen-bond donors (Lipinski definition) is 1.